The summed E-state index contributed by atoms with van der Waals surface area (Å²) in [7, 11) is 2.17. The van der Waals surface area contributed by atoms with Crippen LogP contribution in [0, 0.1) is 0 Å². The van der Waals surface area contributed by atoms with E-state index in [4.69, 9.17) is 5.73 Å². The van der Waals surface area contributed by atoms with E-state index >= 15 is 0 Å². The smallest absolute Gasteiger partial charge is 0.0464 e. The van der Waals surface area contributed by atoms with Crippen LogP contribution in [0.25, 0.3) is 0 Å². The standard InChI is InChI=1S/C12H25N3.C2H6/c1-9(13)11-7-6-10(14-11)8-15(5)12(2,3)4;1-2/h10-11,14H,1,6-8,13H2,2-5H3;1-2H3. The molecule has 0 aromatic rings. The molecule has 1 fully saturated rings. The van der Waals surface area contributed by atoms with Crippen molar-refractivity contribution in [1.82, 2.24) is 10.2 Å². The Labute approximate surface area is 107 Å². The molecule has 0 radical (unpaired) electrons. The van der Waals surface area contributed by atoms with Crippen LogP contribution in [-0.4, -0.2) is 36.1 Å². The summed E-state index contributed by atoms with van der Waals surface area (Å²) in [6, 6.07) is 0.878. The zero-order chi connectivity index (χ0) is 13.6. The van der Waals surface area contributed by atoms with Crippen LogP contribution in [0.2, 0.25) is 0 Å². The Morgan fingerprint density at radius 2 is 1.88 bits per heavy atom. The maximum Gasteiger partial charge on any atom is 0.0464 e. The third kappa shape index (κ3) is 5.55. The lowest BCUT2D eigenvalue weighted by Crippen LogP contribution is -2.46. The first kappa shape index (κ1) is 16.5. The maximum absolute atomic E-state index is 5.71. The zero-order valence-corrected chi connectivity index (χ0v) is 12.5. The Morgan fingerprint density at radius 3 is 2.24 bits per heavy atom. The highest BCUT2D eigenvalue weighted by atomic mass is 15.2. The van der Waals surface area contributed by atoms with Crippen molar-refractivity contribution in [3.63, 3.8) is 0 Å². The monoisotopic (exact) mass is 241 g/mol. The Hall–Kier alpha value is -0.540. The highest BCUT2D eigenvalue weighted by Crippen LogP contribution is 2.18. The van der Waals surface area contributed by atoms with Gasteiger partial charge in [-0.1, -0.05) is 20.4 Å². The summed E-state index contributed by atoms with van der Waals surface area (Å²) in [4.78, 5) is 2.38. The van der Waals surface area contributed by atoms with Gasteiger partial charge in [-0.2, -0.15) is 0 Å². The highest BCUT2D eigenvalue weighted by Gasteiger charge is 2.27. The molecule has 102 valence electrons. The van der Waals surface area contributed by atoms with Gasteiger partial charge in [-0.15, -0.1) is 0 Å². The lowest BCUT2D eigenvalue weighted by Gasteiger charge is -2.34. The fourth-order valence-electron chi connectivity index (χ4n) is 1.86. The second-order valence-corrected chi connectivity index (χ2v) is 5.62. The van der Waals surface area contributed by atoms with Crippen LogP contribution in [0.3, 0.4) is 0 Å². The molecule has 1 saturated heterocycles. The molecule has 1 heterocycles. The summed E-state index contributed by atoms with van der Waals surface area (Å²) in [6.07, 6.45) is 2.32. The van der Waals surface area contributed by atoms with E-state index in [1.165, 1.54) is 6.42 Å². The van der Waals surface area contributed by atoms with Gasteiger partial charge in [-0.05, 0) is 40.7 Å². The van der Waals surface area contributed by atoms with Gasteiger partial charge in [0.1, 0.15) is 0 Å². The minimum Gasteiger partial charge on any atom is -0.401 e. The molecule has 3 heteroatoms. The number of hydrogen-bond donors (Lipinski definition) is 2. The third-order valence-corrected chi connectivity index (χ3v) is 3.33. The number of nitrogens with one attached hydrogen (secondary N) is 1. The van der Waals surface area contributed by atoms with Crippen molar-refractivity contribution in [3.05, 3.63) is 12.3 Å². The van der Waals surface area contributed by atoms with Crippen LogP contribution in [0.15, 0.2) is 12.3 Å². The topological polar surface area (TPSA) is 41.3 Å². The second-order valence-electron chi connectivity index (χ2n) is 5.62. The molecule has 0 spiro atoms. The predicted octanol–water partition coefficient (Wildman–Crippen LogP) is 2.34. The van der Waals surface area contributed by atoms with E-state index in [0.29, 0.717) is 12.1 Å². The van der Waals surface area contributed by atoms with Crippen molar-refractivity contribution < 1.29 is 0 Å². The van der Waals surface area contributed by atoms with Gasteiger partial charge in [0.05, 0.1) is 0 Å². The molecule has 0 bridgehead atoms. The van der Waals surface area contributed by atoms with Crippen LogP contribution in [0.4, 0.5) is 0 Å². The van der Waals surface area contributed by atoms with Gasteiger partial charge in [0.25, 0.3) is 0 Å². The number of nitrogens with zero attached hydrogens (tertiary/aromatic N) is 1. The Bertz CT molecular complexity index is 230. The van der Waals surface area contributed by atoms with Crippen molar-refractivity contribution in [2.24, 2.45) is 5.73 Å². The van der Waals surface area contributed by atoms with Crippen LogP contribution >= 0.6 is 0 Å². The third-order valence-electron chi connectivity index (χ3n) is 3.33. The second kappa shape index (κ2) is 7.02. The van der Waals surface area contributed by atoms with Gasteiger partial charge < -0.3 is 11.1 Å². The summed E-state index contributed by atoms with van der Waals surface area (Å²) in [5.41, 5.74) is 6.72. The molecule has 0 saturated carbocycles. The molecule has 3 nitrogen and oxygen atoms in total. The molecule has 1 aliphatic rings. The van der Waals surface area contributed by atoms with E-state index in [2.05, 4.69) is 44.6 Å². The Morgan fingerprint density at radius 1 is 1.35 bits per heavy atom. The van der Waals surface area contributed by atoms with Gasteiger partial charge in [0.2, 0.25) is 0 Å². The van der Waals surface area contributed by atoms with Crippen LogP contribution in [0.5, 0.6) is 0 Å². The van der Waals surface area contributed by atoms with E-state index < -0.39 is 0 Å². The first-order valence-electron chi connectivity index (χ1n) is 6.72. The lowest BCUT2D eigenvalue weighted by atomic mass is 10.1. The average molecular weight is 241 g/mol. The van der Waals surface area contributed by atoms with Crippen LogP contribution in [0.1, 0.15) is 47.5 Å². The van der Waals surface area contributed by atoms with E-state index in [-0.39, 0.29) is 5.54 Å². The SMILES string of the molecule is C=C(N)C1CCC(CN(C)C(C)(C)C)N1.CC. The lowest BCUT2D eigenvalue weighted by molar-refractivity contribution is 0.160. The van der Waals surface area contributed by atoms with Crippen LogP contribution in [-0.2, 0) is 0 Å². The molecule has 1 rings (SSSR count). The first-order chi connectivity index (χ1) is 7.80. The summed E-state index contributed by atoms with van der Waals surface area (Å²) >= 11 is 0. The van der Waals surface area contributed by atoms with Gasteiger partial charge in [0, 0.05) is 29.9 Å². The first-order valence-corrected chi connectivity index (χ1v) is 6.72. The summed E-state index contributed by atoms with van der Waals surface area (Å²) in [5.74, 6) is 0. The summed E-state index contributed by atoms with van der Waals surface area (Å²) < 4.78 is 0. The Kier molecular flexibility index (Phi) is 6.80. The molecule has 0 aliphatic carbocycles. The fraction of sp³-hybridized carbons (Fsp3) is 0.857. The molecule has 2 unspecified atom stereocenters. The molecule has 2 atom stereocenters. The minimum atomic E-state index is 0.236. The molecule has 17 heavy (non-hydrogen) atoms. The number of likely N-dealkylation sites (N-methyl/N-ethyl adjacent to an activating group) is 1. The highest BCUT2D eigenvalue weighted by molar-refractivity contribution is 5.05. The maximum atomic E-state index is 5.71. The van der Waals surface area contributed by atoms with Gasteiger partial charge >= 0.3 is 0 Å². The van der Waals surface area contributed by atoms with Gasteiger partial charge in [-0.25, -0.2) is 0 Å². The van der Waals surface area contributed by atoms with Crippen molar-refractivity contribution in [1.29, 1.82) is 0 Å². The Balaban J connectivity index is 0.00000121. The minimum absolute atomic E-state index is 0.236. The van der Waals surface area contributed by atoms with E-state index in [1.54, 1.807) is 0 Å². The molecule has 0 amide bonds. The summed E-state index contributed by atoms with van der Waals surface area (Å²) in [5, 5.41) is 3.53. The molecular formula is C14H31N3. The van der Waals surface area contributed by atoms with Crippen molar-refractivity contribution >= 4 is 0 Å². The fourth-order valence-corrected chi connectivity index (χ4v) is 1.86. The molecule has 1 aliphatic heterocycles. The van der Waals surface area contributed by atoms with Gasteiger partial charge in [-0.3, -0.25) is 4.90 Å². The average Bonchev–Trinajstić information content (AvgIpc) is 2.68. The van der Waals surface area contributed by atoms with E-state index in [9.17, 15) is 0 Å². The molecule has 0 aromatic carbocycles. The zero-order valence-electron chi connectivity index (χ0n) is 12.5. The number of nitrogens with two attached hydrogens (primary N) is 1. The van der Waals surface area contributed by atoms with Crippen molar-refractivity contribution in [3.8, 4) is 0 Å². The normalized spacial score (nSPS) is 24.4. The molecule has 3 N–H and O–H groups in total. The van der Waals surface area contributed by atoms with Crippen molar-refractivity contribution in [2.45, 2.75) is 65.1 Å². The van der Waals surface area contributed by atoms with E-state index in [1.807, 2.05) is 13.8 Å². The molecular weight excluding hydrogens is 210 g/mol. The largest absolute Gasteiger partial charge is 0.401 e. The van der Waals surface area contributed by atoms with Gasteiger partial charge in [0.15, 0.2) is 0 Å². The summed E-state index contributed by atoms with van der Waals surface area (Å²) in [6.45, 7) is 15.6. The predicted molar refractivity (Wildman–Crippen MR) is 77.0 cm³/mol. The van der Waals surface area contributed by atoms with E-state index in [0.717, 1.165) is 18.7 Å². The molecule has 0 aromatic heterocycles. The number of hydrogen-bond acceptors (Lipinski definition) is 3. The van der Waals surface area contributed by atoms with Crippen LogP contribution < -0.4 is 11.1 Å². The quantitative estimate of drug-likeness (QED) is 0.797. The number of rotatable bonds is 3. The van der Waals surface area contributed by atoms with Crippen molar-refractivity contribution in [2.75, 3.05) is 13.6 Å².